The molecule has 12 aromatic carbocycles. The molecule has 3 radical (unpaired) electrons. The second kappa shape index (κ2) is 65.4. The van der Waals surface area contributed by atoms with Crippen molar-refractivity contribution < 1.29 is 98.5 Å². The fraction of sp³-hybridized carbons (Fsp3) is 0.269. The summed E-state index contributed by atoms with van der Waals surface area (Å²) in [7, 11) is -1.21. The van der Waals surface area contributed by atoms with E-state index in [1.54, 1.807) is 27.7 Å². The molecule has 12 aromatic rings. The standard InChI is InChI=1S/C28H25P.C17H18.C15H12Br2.C14H12.C12H10ClP.C4H9O.2C4H9.C2H4Cl2.CHBr3.CH3I.2CH4.B.K.2Li.Mg.H2.2H/c1-27(29(25-18-10-4-11-19-25)26-20-12-5-13-21-26)22-28(27,23-14-6-2-7-15-23)24-16-8-3-9-17-24;1-16(2)13-17(16,14-9-5-3-6-10-14)15-11-7-4-8-12-15;16-15(17)11-14(15,12-7-3-1-4-8-12)13-9-5-2-6-10-13;1-12(13-8-4-2-5-9-13)14-10-6-3-7-11-14;13-14(11-7-3-1-4-8-11)12-9-5-2-6-10-12;1-4(2,3)5;2*1-3-4-2;1-2(3)4;2-1(3)4;1-2;;;;;;;;;;/h2-21H,22H2,1H3;3-12H,13H2,1-2H3;1-10H,11H2;2-11H,1H2;1-10H;1-3H3;2*1,3-4H2,2H3;2H,1H3;1H;1H3;2*1H4;;;;;;1H;;/q;;;;;3*-1;;;;;;;3*+1;+2;;2*-1/i;;;;;;;;;;;;;;;;;;1+1;;. The molecular formula is C104H124BBr5Cl3IKLi2MgOP2. The van der Waals surface area contributed by atoms with Crippen LogP contribution in [0.25, 0.3) is 5.57 Å². The Morgan fingerprint density at radius 2 is 0.603 bits per heavy atom. The van der Waals surface area contributed by atoms with Crippen LogP contribution in [-0.2, 0) is 16.2 Å². The van der Waals surface area contributed by atoms with Crippen LogP contribution in [0.4, 0.5) is 0 Å². The maximum atomic E-state index is 10.1. The van der Waals surface area contributed by atoms with Gasteiger partial charge in [-0.1, -0.05) is 567 Å². The van der Waals surface area contributed by atoms with Crippen LogP contribution in [0.2, 0.25) is 0 Å². The fourth-order valence-corrected chi connectivity index (χ4v) is 20.5. The molecule has 3 fully saturated rings. The maximum absolute atomic E-state index is 10.1. The molecule has 1 nitrogen and oxygen atoms in total. The summed E-state index contributed by atoms with van der Waals surface area (Å²) in [5.41, 5.74) is 11.9. The van der Waals surface area contributed by atoms with Crippen molar-refractivity contribution in [3.8, 4) is 0 Å². The zero-order valence-corrected chi connectivity index (χ0v) is 90.5. The normalized spacial score (nSPS) is 14.3. The average molecular weight is 2170 g/mol. The average Bonchev–Trinajstić information content (AvgIpc) is 1.50. The molecule has 3 aliphatic carbocycles. The van der Waals surface area contributed by atoms with Gasteiger partial charge >= 0.3 is 112 Å². The van der Waals surface area contributed by atoms with Crippen LogP contribution in [-0.4, -0.2) is 57.9 Å². The fourth-order valence-electron chi connectivity index (χ4n) is 13.5. The van der Waals surface area contributed by atoms with E-state index in [2.05, 4.69) is 448 Å². The van der Waals surface area contributed by atoms with Gasteiger partial charge in [-0.2, -0.15) is 12.8 Å². The van der Waals surface area contributed by atoms with Gasteiger partial charge < -0.3 is 21.8 Å². The summed E-state index contributed by atoms with van der Waals surface area (Å²) in [4.78, 5) is 1.75. The Balaban J connectivity index is -0.000000330. The molecule has 3 saturated carbocycles. The van der Waals surface area contributed by atoms with E-state index in [-0.39, 0.29) is 172 Å². The number of unbranched alkanes of at least 4 members (excludes halogenated alkanes) is 2. The van der Waals surface area contributed by atoms with E-state index in [4.69, 9.17) is 34.4 Å². The Morgan fingerprint density at radius 1 is 0.438 bits per heavy atom. The first kappa shape index (κ1) is 124. The number of alkyl halides is 8. The minimum atomic E-state index is -0.750. The van der Waals surface area contributed by atoms with Gasteiger partial charge in [0.15, 0.2) is 0 Å². The molecule has 0 amide bonds. The second-order valence-corrected chi connectivity index (χ2v) is 46.1. The predicted octanol–water partition coefficient (Wildman–Crippen LogP) is 23.3. The molecule has 0 N–H and O–H groups in total. The van der Waals surface area contributed by atoms with Crippen LogP contribution < -0.4 is 115 Å². The van der Waals surface area contributed by atoms with E-state index in [9.17, 15) is 5.11 Å². The van der Waals surface area contributed by atoms with Crippen LogP contribution in [0.5, 0.6) is 0 Å². The van der Waals surface area contributed by atoms with Crippen LogP contribution in [0, 0.1) is 19.3 Å². The number of hydrogen-bond donors (Lipinski definition) is 0. The molecular weight excluding hydrogens is 2050 g/mol. The third-order valence-corrected chi connectivity index (χ3v) is 26.9. The molecule has 3 aliphatic rings. The third kappa shape index (κ3) is 39.8. The van der Waals surface area contributed by atoms with Gasteiger partial charge in [0.25, 0.3) is 0 Å². The molecule has 15 rings (SSSR count). The molecule has 0 saturated heterocycles. The molecule has 1 unspecified atom stereocenters. The van der Waals surface area contributed by atoms with Gasteiger partial charge in [-0.15, -0.1) is 28.8 Å². The van der Waals surface area contributed by atoms with Crippen molar-refractivity contribution >= 4 is 210 Å². The van der Waals surface area contributed by atoms with E-state index in [1.807, 2.05) is 77.7 Å². The summed E-state index contributed by atoms with van der Waals surface area (Å²) in [6.07, 6.45) is 8.05. The molecule has 0 aromatic heterocycles. The zero-order valence-electron chi connectivity index (χ0n) is 73.9. The van der Waals surface area contributed by atoms with E-state index in [0.717, 1.165) is 24.8 Å². The van der Waals surface area contributed by atoms with Gasteiger partial charge in [-0.05, 0) is 116 Å². The topological polar surface area (TPSA) is 23.1 Å². The van der Waals surface area contributed by atoms with Crippen molar-refractivity contribution in [2.24, 2.45) is 5.41 Å². The van der Waals surface area contributed by atoms with E-state index in [0.29, 0.717) is 5.41 Å². The second-order valence-electron chi connectivity index (χ2n) is 29.1. The summed E-state index contributed by atoms with van der Waals surface area (Å²) in [5.74, 6) is 0. The van der Waals surface area contributed by atoms with Crippen molar-refractivity contribution in [1.29, 1.82) is 0 Å². The van der Waals surface area contributed by atoms with Crippen LogP contribution >= 0.6 is 152 Å². The van der Waals surface area contributed by atoms with Crippen molar-refractivity contribution in [3.05, 3.63) is 429 Å². The largest absolute Gasteiger partial charge is 2.00 e. The minimum absolute atomic E-state index is 0. The number of benzene rings is 12. The third-order valence-electron chi connectivity index (χ3n) is 19.2. The first-order valence-electron chi connectivity index (χ1n) is 38.5. The number of hydrogen-bond acceptors (Lipinski definition) is 1. The first-order valence-corrected chi connectivity index (χ1v) is 49.4. The van der Waals surface area contributed by atoms with E-state index in [1.165, 1.54) is 91.4 Å². The van der Waals surface area contributed by atoms with Gasteiger partial charge in [0.2, 0.25) is 0 Å². The SMILES string of the molecule is BrC(Br)Br.BrC1(Br)CC1(c1ccccc1)c1ccccc1.C.C.C=C(c1ccccc1)c1ccccc1.CC(C)(C)[O-].CC(Cl)Cl.CC1(C)CC1(c1ccccc1)c1ccccc1.CC1(P(c2ccccc2)c2ccccc2)CC1(c1ccccc1)c1ccccc1.CI.ClP(c1ccccc1)c1ccccc1.[2HH].[B].[CH2-]CCC.[CH2-]CCC.[H-].[H-].[K+].[Li+].[Li+].[Mg+2]. The molecule has 0 bridgehead atoms. The minimum Gasteiger partial charge on any atom is -1.00 e. The summed E-state index contributed by atoms with van der Waals surface area (Å²) in [5, 5.41) is 15.6. The molecule has 627 valence electrons. The predicted molar refractivity (Wildman–Crippen MR) is 564 cm³/mol. The van der Waals surface area contributed by atoms with Crippen molar-refractivity contribution in [2.75, 3.05) is 4.93 Å². The number of rotatable bonds is 15. The molecule has 121 heavy (non-hydrogen) atoms. The van der Waals surface area contributed by atoms with Crippen molar-refractivity contribution in [3.63, 3.8) is 0 Å². The molecule has 0 spiro atoms. The Morgan fingerprint density at radius 3 is 0.785 bits per heavy atom. The summed E-state index contributed by atoms with van der Waals surface area (Å²) < 4.78 is 0.267. The Kier molecular flexibility index (Phi) is 67.0. The number of halogens is 9. The van der Waals surface area contributed by atoms with E-state index >= 15 is 0 Å². The van der Waals surface area contributed by atoms with Crippen molar-refractivity contribution in [1.82, 2.24) is 0 Å². The smallest absolute Gasteiger partial charge is 1.00 e. The monoisotopic (exact) mass is 2170 g/mol. The summed E-state index contributed by atoms with van der Waals surface area (Å²) in [6.45, 7) is 29.4. The zero-order chi connectivity index (χ0) is 83.7. The van der Waals surface area contributed by atoms with Crippen LogP contribution in [0.3, 0.4) is 0 Å². The van der Waals surface area contributed by atoms with Gasteiger partial charge in [0.05, 0.1) is 10.5 Å². The Hall–Kier alpha value is -1.14. The quantitative estimate of drug-likeness (QED) is 0.0330. The molecule has 0 heterocycles. The summed E-state index contributed by atoms with van der Waals surface area (Å²) in [6, 6.07) is 129. The van der Waals surface area contributed by atoms with E-state index < -0.39 is 20.8 Å². The van der Waals surface area contributed by atoms with Gasteiger partial charge in [0.1, 0.15) is 7.48 Å². The Labute approximate surface area is 895 Å². The first-order chi connectivity index (χ1) is 54.6. The molecule has 0 aliphatic heterocycles. The molecule has 17 heteroatoms. The van der Waals surface area contributed by atoms with Crippen molar-refractivity contribution in [2.45, 2.75) is 160 Å². The molecule has 1 atom stereocenters. The maximum Gasteiger partial charge on any atom is 2.00 e. The van der Waals surface area contributed by atoms with Crippen LogP contribution in [0.15, 0.2) is 371 Å². The van der Waals surface area contributed by atoms with Gasteiger partial charge in [-0.3, -0.25) is 0 Å². The summed E-state index contributed by atoms with van der Waals surface area (Å²) >= 11 is 35.5. The van der Waals surface area contributed by atoms with Gasteiger partial charge in [-0.25, -0.2) is 0 Å². The van der Waals surface area contributed by atoms with Crippen LogP contribution in [0.1, 0.15) is 171 Å². The van der Waals surface area contributed by atoms with Gasteiger partial charge in [0, 0.05) is 31.2 Å². The Bertz CT molecular complexity index is 4180.